The van der Waals surface area contributed by atoms with Crippen molar-refractivity contribution in [3.8, 4) is 17.2 Å². The fraction of sp³-hybridized carbons (Fsp3) is 0.417. The van der Waals surface area contributed by atoms with Gasteiger partial charge in [-0.25, -0.2) is 0 Å². The van der Waals surface area contributed by atoms with E-state index in [-0.39, 0.29) is 11.3 Å². The smallest absolute Gasteiger partial charge is 0.157 e. The Labute approximate surface area is 94.8 Å². The second-order valence-electron chi connectivity index (χ2n) is 3.38. The van der Waals surface area contributed by atoms with Gasteiger partial charge in [-0.3, -0.25) is 4.79 Å². The van der Waals surface area contributed by atoms with Gasteiger partial charge >= 0.3 is 0 Å². The van der Waals surface area contributed by atoms with Crippen LogP contribution in [-0.2, 0) is 0 Å². The zero-order chi connectivity index (χ0) is 12.0. The van der Waals surface area contributed by atoms with Crippen LogP contribution >= 0.6 is 0 Å². The van der Waals surface area contributed by atoms with Crippen LogP contribution in [0.3, 0.4) is 0 Å². The van der Waals surface area contributed by atoms with E-state index in [4.69, 9.17) is 9.47 Å². The Bertz CT molecular complexity index is 360. The summed E-state index contributed by atoms with van der Waals surface area (Å²) >= 11 is 0. The molecule has 4 nitrogen and oxygen atoms in total. The number of carbonyl (C=O) groups is 1. The van der Waals surface area contributed by atoms with E-state index in [1.807, 2.05) is 0 Å². The van der Waals surface area contributed by atoms with Gasteiger partial charge in [0.1, 0.15) is 17.2 Å². The molecule has 4 heteroatoms. The van der Waals surface area contributed by atoms with Gasteiger partial charge in [-0.2, -0.15) is 0 Å². The maximum atomic E-state index is 10.7. The zero-order valence-corrected chi connectivity index (χ0v) is 9.53. The van der Waals surface area contributed by atoms with E-state index in [0.29, 0.717) is 24.4 Å². The molecule has 0 atom stereocenters. The number of methoxy groups -OCH3 is 1. The van der Waals surface area contributed by atoms with Crippen LogP contribution < -0.4 is 9.47 Å². The number of aromatic hydroxyl groups is 1. The largest absolute Gasteiger partial charge is 0.507 e. The average Bonchev–Trinajstić information content (AvgIpc) is 2.28. The number of ether oxygens (including phenoxy) is 2. The van der Waals surface area contributed by atoms with E-state index in [9.17, 15) is 9.90 Å². The van der Waals surface area contributed by atoms with Crippen molar-refractivity contribution in [1.29, 1.82) is 0 Å². The van der Waals surface area contributed by atoms with E-state index in [1.54, 1.807) is 6.07 Å². The van der Waals surface area contributed by atoms with Gasteiger partial charge in [0.15, 0.2) is 6.29 Å². The molecule has 0 saturated carbocycles. The summed E-state index contributed by atoms with van der Waals surface area (Å²) < 4.78 is 10.4. The Kier molecular flexibility index (Phi) is 4.64. The molecule has 0 aliphatic heterocycles. The standard InChI is InChI=1S/C12H16O4/c1-3-4-5-16-9-6-11(14)10(8-13)12(7-9)15-2/h6-8,14H,3-5H2,1-2H3. The fourth-order valence-corrected chi connectivity index (χ4v) is 1.29. The third-order valence-corrected chi connectivity index (χ3v) is 2.20. The first kappa shape index (κ1) is 12.4. The molecule has 0 heterocycles. The number of rotatable bonds is 6. The fourth-order valence-electron chi connectivity index (χ4n) is 1.29. The Morgan fingerprint density at radius 1 is 1.44 bits per heavy atom. The summed E-state index contributed by atoms with van der Waals surface area (Å²) in [7, 11) is 1.44. The minimum atomic E-state index is -0.124. The van der Waals surface area contributed by atoms with Crippen LogP contribution in [0.15, 0.2) is 12.1 Å². The Morgan fingerprint density at radius 2 is 2.19 bits per heavy atom. The molecule has 0 bridgehead atoms. The van der Waals surface area contributed by atoms with Gasteiger partial charge in [-0.05, 0) is 6.42 Å². The predicted octanol–water partition coefficient (Wildman–Crippen LogP) is 2.39. The molecule has 0 aromatic heterocycles. The Morgan fingerprint density at radius 3 is 2.75 bits per heavy atom. The molecule has 0 radical (unpaired) electrons. The van der Waals surface area contributed by atoms with Crippen LogP contribution in [0, 0.1) is 0 Å². The maximum absolute atomic E-state index is 10.7. The van der Waals surface area contributed by atoms with Crippen LogP contribution in [0.25, 0.3) is 0 Å². The van der Waals surface area contributed by atoms with Crippen molar-refractivity contribution in [2.45, 2.75) is 19.8 Å². The Hall–Kier alpha value is -1.71. The van der Waals surface area contributed by atoms with Gasteiger partial charge in [-0.15, -0.1) is 0 Å². The highest BCUT2D eigenvalue weighted by Crippen LogP contribution is 2.31. The Balaban J connectivity index is 2.87. The molecule has 0 aliphatic rings. The molecule has 0 spiro atoms. The van der Waals surface area contributed by atoms with Crippen molar-refractivity contribution in [2.24, 2.45) is 0 Å². The number of hydrogen-bond donors (Lipinski definition) is 1. The number of carbonyl (C=O) groups excluding carboxylic acids is 1. The van der Waals surface area contributed by atoms with Crippen LogP contribution in [0.5, 0.6) is 17.2 Å². The van der Waals surface area contributed by atoms with Crippen molar-refractivity contribution >= 4 is 6.29 Å². The van der Waals surface area contributed by atoms with E-state index in [2.05, 4.69) is 6.92 Å². The van der Waals surface area contributed by atoms with Crippen LogP contribution in [0.4, 0.5) is 0 Å². The number of phenolic OH excluding ortho intramolecular Hbond substituents is 1. The van der Waals surface area contributed by atoms with Crippen LogP contribution in [0.2, 0.25) is 0 Å². The van der Waals surface area contributed by atoms with Gasteiger partial charge in [0.25, 0.3) is 0 Å². The molecule has 1 aromatic carbocycles. The lowest BCUT2D eigenvalue weighted by Gasteiger charge is -2.10. The van der Waals surface area contributed by atoms with Crippen molar-refractivity contribution in [3.05, 3.63) is 17.7 Å². The van der Waals surface area contributed by atoms with Gasteiger partial charge in [0, 0.05) is 12.1 Å². The second kappa shape index (κ2) is 6.00. The van der Waals surface area contributed by atoms with E-state index in [0.717, 1.165) is 12.8 Å². The molecule has 1 aromatic rings. The summed E-state index contributed by atoms with van der Waals surface area (Å²) in [6.45, 7) is 2.65. The summed E-state index contributed by atoms with van der Waals surface area (Å²) in [5.41, 5.74) is 0.144. The molecule has 16 heavy (non-hydrogen) atoms. The SMILES string of the molecule is CCCCOc1cc(O)c(C=O)c(OC)c1. The third-order valence-electron chi connectivity index (χ3n) is 2.20. The number of benzene rings is 1. The molecule has 88 valence electrons. The monoisotopic (exact) mass is 224 g/mol. The molecule has 0 fully saturated rings. The topological polar surface area (TPSA) is 55.8 Å². The first-order valence-corrected chi connectivity index (χ1v) is 5.21. The number of aldehydes is 1. The zero-order valence-electron chi connectivity index (χ0n) is 9.53. The van der Waals surface area contributed by atoms with Crippen LogP contribution in [0.1, 0.15) is 30.1 Å². The summed E-state index contributed by atoms with van der Waals surface area (Å²) in [5, 5.41) is 9.57. The molecule has 0 saturated heterocycles. The van der Waals surface area contributed by atoms with Gasteiger partial charge < -0.3 is 14.6 Å². The first-order chi connectivity index (χ1) is 7.72. The van der Waals surface area contributed by atoms with Gasteiger partial charge in [0.05, 0.1) is 19.3 Å². The molecule has 0 unspecified atom stereocenters. The lowest BCUT2D eigenvalue weighted by atomic mass is 10.2. The van der Waals surface area contributed by atoms with Gasteiger partial charge in [-0.1, -0.05) is 13.3 Å². The lowest BCUT2D eigenvalue weighted by molar-refractivity contribution is 0.111. The summed E-state index contributed by atoms with van der Waals surface area (Å²) in [4.78, 5) is 10.7. The maximum Gasteiger partial charge on any atom is 0.157 e. The van der Waals surface area contributed by atoms with Crippen molar-refractivity contribution < 1.29 is 19.4 Å². The second-order valence-corrected chi connectivity index (χ2v) is 3.38. The number of hydrogen-bond acceptors (Lipinski definition) is 4. The summed E-state index contributed by atoms with van der Waals surface area (Å²) in [5.74, 6) is 0.704. The highest BCUT2D eigenvalue weighted by molar-refractivity contribution is 5.84. The lowest BCUT2D eigenvalue weighted by Crippen LogP contribution is -1.98. The van der Waals surface area contributed by atoms with E-state index in [1.165, 1.54) is 13.2 Å². The molecule has 0 amide bonds. The summed E-state index contributed by atoms with van der Waals surface area (Å²) in [6.07, 6.45) is 2.54. The minimum absolute atomic E-state index is 0.124. The first-order valence-electron chi connectivity index (χ1n) is 5.21. The van der Waals surface area contributed by atoms with E-state index < -0.39 is 0 Å². The normalized spacial score (nSPS) is 9.88. The number of unbranched alkanes of at least 4 members (excludes halogenated alkanes) is 1. The molecular formula is C12H16O4. The number of phenols is 1. The quantitative estimate of drug-likeness (QED) is 0.595. The van der Waals surface area contributed by atoms with Crippen molar-refractivity contribution in [2.75, 3.05) is 13.7 Å². The molecule has 0 aliphatic carbocycles. The summed E-state index contributed by atoms with van der Waals surface area (Å²) in [6, 6.07) is 3.01. The molecule has 1 rings (SSSR count). The average molecular weight is 224 g/mol. The van der Waals surface area contributed by atoms with Crippen molar-refractivity contribution in [3.63, 3.8) is 0 Å². The third kappa shape index (κ3) is 2.89. The van der Waals surface area contributed by atoms with Gasteiger partial charge in [0.2, 0.25) is 0 Å². The molecular weight excluding hydrogens is 208 g/mol. The molecule has 1 N–H and O–H groups in total. The van der Waals surface area contributed by atoms with E-state index >= 15 is 0 Å². The van der Waals surface area contributed by atoms with Crippen LogP contribution in [-0.4, -0.2) is 25.1 Å². The predicted molar refractivity (Wildman–Crippen MR) is 60.4 cm³/mol. The highest BCUT2D eigenvalue weighted by atomic mass is 16.5. The van der Waals surface area contributed by atoms with Crippen molar-refractivity contribution in [1.82, 2.24) is 0 Å². The highest BCUT2D eigenvalue weighted by Gasteiger charge is 2.10. The minimum Gasteiger partial charge on any atom is -0.507 e.